The van der Waals surface area contributed by atoms with Crippen LogP contribution in [-0.2, 0) is 0 Å². The molecule has 4 rings (SSSR count). The third kappa shape index (κ3) is 2.49. The van der Waals surface area contributed by atoms with Crippen LogP contribution in [0.4, 0.5) is 8.78 Å². The predicted molar refractivity (Wildman–Crippen MR) is 94.5 cm³/mol. The molecule has 0 amide bonds. The van der Waals surface area contributed by atoms with E-state index in [2.05, 4.69) is 31.1 Å². The number of aromatic nitrogens is 3. The monoisotopic (exact) mass is 422 g/mol. The molecule has 0 aliphatic carbocycles. The molecule has 4 nitrogen and oxygen atoms in total. The van der Waals surface area contributed by atoms with Crippen molar-refractivity contribution in [1.29, 1.82) is 0 Å². The smallest absolute Gasteiger partial charge is 0.162 e. The maximum absolute atomic E-state index is 14.5. The molecule has 0 fully saturated rings. The van der Waals surface area contributed by atoms with Crippen molar-refractivity contribution in [2.24, 2.45) is 4.99 Å². The minimum Gasteiger partial charge on any atom is -0.283 e. The van der Waals surface area contributed by atoms with E-state index in [-0.39, 0.29) is 11.3 Å². The number of nitrogens with zero attached hydrogens (tertiary/aromatic N) is 4. The lowest BCUT2D eigenvalue weighted by molar-refractivity contribution is 0.578. The maximum atomic E-state index is 14.5. The molecule has 1 aliphatic rings. The van der Waals surface area contributed by atoms with Gasteiger partial charge in [-0.2, -0.15) is 0 Å². The fraction of sp³-hybridized carbons (Fsp3) is 0.118. The van der Waals surface area contributed by atoms with Crippen LogP contribution < -0.4 is 0 Å². The Morgan fingerprint density at radius 3 is 2.56 bits per heavy atom. The summed E-state index contributed by atoms with van der Waals surface area (Å²) in [4.78, 5) is 4.53. The zero-order valence-corrected chi connectivity index (χ0v) is 15.2. The minimum atomic E-state index is -0.703. The summed E-state index contributed by atoms with van der Waals surface area (Å²) in [6.45, 7) is 1.79. The second kappa shape index (κ2) is 6.00. The number of fused-ring (bicyclic) bond motifs is 3. The van der Waals surface area contributed by atoms with Crippen LogP contribution in [0.1, 0.15) is 29.9 Å². The van der Waals surface area contributed by atoms with Crippen molar-refractivity contribution in [2.75, 3.05) is 0 Å². The summed E-state index contributed by atoms with van der Waals surface area (Å²) in [6, 6.07) is 6.79. The largest absolute Gasteiger partial charge is 0.283 e. The van der Waals surface area contributed by atoms with Gasteiger partial charge in [-0.25, -0.2) is 8.78 Å². The first-order valence-corrected chi connectivity index (χ1v) is 8.57. The molecule has 0 N–H and O–H groups in total. The van der Waals surface area contributed by atoms with Gasteiger partial charge in [-0.1, -0.05) is 17.7 Å². The van der Waals surface area contributed by atoms with Gasteiger partial charge in [-0.15, -0.1) is 10.2 Å². The number of hydrogen-bond acceptors (Lipinski definition) is 3. The first kappa shape index (κ1) is 16.4. The zero-order chi connectivity index (χ0) is 17.7. The minimum absolute atomic E-state index is 0.148. The summed E-state index contributed by atoms with van der Waals surface area (Å²) in [5.74, 6) is -0.845. The van der Waals surface area contributed by atoms with Gasteiger partial charge in [0.1, 0.15) is 24.0 Å². The number of hydrogen-bond donors (Lipinski definition) is 0. The van der Waals surface area contributed by atoms with E-state index in [0.29, 0.717) is 26.6 Å². The Labute approximate surface area is 155 Å². The lowest BCUT2D eigenvalue weighted by Gasteiger charge is -2.15. The Bertz CT molecular complexity index is 1010. The molecule has 1 aliphatic heterocycles. The second-order valence-electron chi connectivity index (χ2n) is 5.56. The van der Waals surface area contributed by atoms with Crippen molar-refractivity contribution in [1.82, 2.24) is 14.8 Å². The molecule has 126 valence electrons. The number of rotatable bonds is 1. The van der Waals surface area contributed by atoms with Crippen molar-refractivity contribution in [3.8, 4) is 5.69 Å². The topological polar surface area (TPSA) is 43.1 Å². The Balaban J connectivity index is 2.13. The molecular weight excluding hydrogens is 414 g/mol. The van der Waals surface area contributed by atoms with Gasteiger partial charge in [-0.3, -0.25) is 9.56 Å². The molecule has 0 unspecified atom stereocenters. The molecule has 2 aromatic carbocycles. The fourth-order valence-corrected chi connectivity index (χ4v) is 3.49. The molecule has 0 saturated heterocycles. The standard InChI is InChI=1S/C17H10BrClF2N4/c1-8-17-24-22-7-25(17)12-6-5-9(18)15(19)14(12)16(23-8)13-10(20)3-2-4-11(13)21/h2-8H,1H3/t8-/m0/s1. The van der Waals surface area contributed by atoms with E-state index in [1.807, 2.05) is 0 Å². The summed E-state index contributed by atoms with van der Waals surface area (Å²) in [7, 11) is 0. The van der Waals surface area contributed by atoms with Crippen molar-refractivity contribution < 1.29 is 8.78 Å². The molecule has 0 bridgehead atoms. The van der Waals surface area contributed by atoms with Gasteiger partial charge >= 0.3 is 0 Å². The predicted octanol–water partition coefficient (Wildman–Crippen LogP) is 4.87. The van der Waals surface area contributed by atoms with Crippen LogP contribution in [0.25, 0.3) is 5.69 Å². The third-order valence-electron chi connectivity index (χ3n) is 4.04. The lowest BCUT2D eigenvalue weighted by atomic mass is 9.99. The van der Waals surface area contributed by atoms with Crippen LogP contribution >= 0.6 is 27.5 Å². The molecule has 8 heteroatoms. The Kier molecular flexibility index (Phi) is 3.92. The van der Waals surface area contributed by atoms with Gasteiger partial charge < -0.3 is 0 Å². The normalized spacial score (nSPS) is 16.0. The van der Waals surface area contributed by atoms with Gasteiger partial charge in [0.25, 0.3) is 0 Å². The first-order chi connectivity index (χ1) is 12.0. The quantitative estimate of drug-likeness (QED) is 0.560. The highest BCUT2D eigenvalue weighted by Gasteiger charge is 2.29. The highest BCUT2D eigenvalue weighted by Crippen LogP contribution is 2.37. The summed E-state index contributed by atoms with van der Waals surface area (Å²) in [5.41, 5.74) is 0.966. The summed E-state index contributed by atoms with van der Waals surface area (Å²) in [6.07, 6.45) is 1.53. The van der Waals surface area contributed by atoms with Crippen molar-refractivity contribution in [2.45, 2.75) is 13.0 Å². The summed E-state index contributed by atoms with van der Waals surface area (Å²) < 4.78 is 31.3. The molecule has 0 radical (unpaired) electrons. The van der Waals surface area contributed by atoms with Crippen LogP contribution in [0, 0.1) is 11.6 Å². The van der Waals surface area contributed by atoms with Crippen LogP contribution in [0.15, 0.2) is 46.1 Å². The van der Waals surface area contributed by atoms with Crippen molar-refractivity contribution in [3.63, 3.8) is 0 Å². The van der Waals surface area contributed by atoms with E-state index in [1.54, 1.807) is 23.6 Å². The van der Waals surface area contributed by atoms with E-state index < -0.39 is 17.7 Å². The van der Waals surface area contributed by atoms with E-state index >= 15 is 0 Å². The van der Waals surface area contributed by atoms with Gasteiger partial charge in [0.15, 0.2) is 5.82 Å². The van der Waals surface area contributed by atoms with Gasteiger partial charge in [-0.05, 0) is 47.1 Å². The summed E-state index contributed by atoms with van der Waals surface area (Å²) >= 11 is 9.86. The van der Waals surface area contributed by atoms with Crippen molar-refractivity contribution in [3.05, 3.63) is 74.7 Å². The Morgan fingerprint density at radius 1 is 1.12 bits per heavy atom. The van der Waals surface area contributed by atoms with E-state index in [0.717, 1.165) is 0 Å². The lowest BCUT2D eigenvalue weighted by Crippen LogP contribution is -2.12. The molecule has 0 saturated carbocycles. The Hall–Kier alpha value is -2.12. The fourth-order valence-electron chi connectivity index (χ4n) is 2.91. The van der Waals surface area contributed by atoms with Gasteiger partial charge in [0.2, 0.25) is 0 Å². The zero-order valence-electron chi connectivity index (χ0n) is 12.8. The van der Waals surface area contributed by atoms with Crippen LogP contribution in [0.2, 0.25) is 5.02 Å². The molecule has 0 spiro atoms. The molecular formula is C17H10BrClF2N4. The van der Waals surface area contributed by atoms with E-state index in [4.69, 9.17) is 11.6 Å². The average molecular weight is 424 g/mol. The number of aliphatic imine (C=N–C) groups is 1. The molecule has 25 heavy (non-hydrogen) atoms. The highest BCUT2D eigenvalue weighted by atomic mass is 79.9. The third-order valence-corrected chi connectivity index (χ3v) is 5.32. The number of benzene rings is 2. The molecule has 1 aromatic heterocycles. The SMILES string of the molecule is C[C@@H]1N=C(c2c(F)cccc2F)c2c(ccc(Br)c2Cl)-n2cnnc21. The Morgan fingerprint density at radius 2 is 1.84 bits per heavy atom. The van der Waals surface area contributed by atoms with Crippen molar-refractivity contribution >= 4 is 33.2 Å². The van der Waals surface area contributed by atoms with E-state index in [9.17, 15) is 8.78 Å². The average Bonchev–Trinajstić information content (AvgIpc) is 3.02. The van der Waals surface area contributed by atoms with Crippen LogP contribution in [-0.4, -0.2) is 20.5 Å². The van der Waals surface area contributed by atoms with E-state index in [1.165, 1.54) is 24.5 Å². The second-order valence-corrected chi connectivity index (χ2v) is 6.80. The maximum Gasteiger partial charge on any atom is 0.162 e. The molecule has 2 heterocycles. The summed E-state index contributed by atoms with van der Waals surface area (Å²) in [5, 5.41) is 8.32. The highest BCUT2D eigenvalue weighted by molar-refractivity contribution is 9.10. The number of halogens is 4. The van der Waals surface area contributed by atoms with Crippen LogP contribution in [0.3, 0.4) is 0 Å². The molecule has 1 atom stereocenters. The first-order valence-electron chi connectivity index (χ1n) is 7.40. The van der Waals surface area contributed by atoms with Gasteiger partial charge in [0.05, 0.1) is 22.0 Å². The van der Waals surface area contributed by atoms with Crippen LogP contribution in [0.5, 0.6) is 0 Å². The molecule has 3 aromatic rings. The van der Waals surface area contributed by atoms with Gasteiger partial charge in [0, 0.05) is 10.0 Å².